The average Bonchev–Trinajstić information content (AvgIpc) is 3.25. The van der Waals surface area contributed by atoms with E-state index >= 15 is 0 Å². The van der Waals surface area contributed by atoms with Gasteiger partial charge in [0.1, 0.15) is 11.4 Å². The van der Waals surface area contributed by atoms with Crippen LogP contribution in [0.5, 0.6) is 0 Å². The number of amides is 1. The van der Waals surface area contributed by atoms with E-state index in [4.69, 9.17) is 0 Å². The fourth-order valence-electron chi connectivity index (χ4n) is 4.04. The number of hydrogen-bond donors (Lipinski definition) is 2. The second kappa shape index (κ2) is 7.45. The van der Waals surface area contributed by atoms with Gasteiger partial charge < -0.3 is 15.5 Å². The van der Waals surface area contributed by atoms with Gasteiger partial charge in [0.15, 0.2) is 0 Å². The van der Waals surface area contributed by atoms with Crippen LogP contribution >= 0.6 is 0 Å². The zero-order valence-corrected chi connectivity index (χ0v) is 15.0. The lowest BCUT2D eigenvalue weighted by molar-refractivity contribution is -0.132. The summed E-state index contributed by atoms with van der Waals surface area (Å²) < 4.78 is 1.85. The van der Waals surface area contributed by atoms with Gasteiger partial charge in [0.25, 0.3) is 0 Å². The van der Waals surface area contributed by atoms with E-state index in [1.807, 2.05) is 41.3 Å². The van der Waals surface area contributed by atoms with Crippen molar-refractivity contribution in [2.45, 2.75) is 37.3 Å². The minimum absolute atomic E-state index is 0.110. The van der Waals surface area contributed by atoms with Gasteiger partial charge in [-0.05, 0) is 57.0 Å². The molecule has 0 saturated carbocycles. The third kappa shape index (κ3) is 3.31. The number of rotatable bonds is 4. The second-order valence-electron chi connectivity index (χ2n) is 7.15. The van der Waals surface area contributed by atoms with Gasteiger partial charge in [-0.25, -0.2) is 4.98 Å². The van der Waals surface area contributed by atoms with Crippen molar-refractivity contribution in [2.24, 2.45) is 0 Å². The molecule has 4 heterocycles. The van der Waals surface area contributed by atoms with Gasteiger partial charge in [0.2, 0.25) is 5.91 Å². The molecule has 0 aliphatic carbocycles. The van der Waals surface area contributed by atoms with Crippen molar-refractivity contribution >= 4 is 11.7 Å². The normalized spacial score (nSPS) is 20.7. The van der Waals surface area contributed by atoms with Crippen molar-refractivity contribution < 1.29 is 4.79 Å². The number of pyridine rings is 1. The van der Waals surface area contributed by atoms with E-state index in [0.717, 1.165) is 57.7 Å². The summed E-state index contributed by atoms with van der Waals surface area (Å²) in [6, 6.07) is 8.10. The molecule has 0 aromatic carbocycles. The van der Waals surface area contributed by atoms with Crippen LogP contribution in [0.25, 0.3) is 0 Å². The predicted molar refractivity (Wildman–Crippen MR) is 99.9 cm³/mol. The number of hydrogen-bond acceptors (Lipinski definition) is 5. The standard InChI is InChI=1S/C19H26N6O/c26-18(19(7-11-20-12-8-19)25-13-3-10-22-25)23-16-5-14-24(15-6-16)17-4-1-2-9-21-17/h1-4,9-10,13,16,20H,5-8,11-12,14-15H2,(H,23,26). The first-order valence-corrected chi connectivity index (χ1v) is 9.46. The van der Waals surface area contributed by atoms with Gasteiger partial charge in [-0.1, -0.05) is 6.07 Å². The van der Waals surface area contributed by atoms with Crippen molar-refractivity contribution in [2.75, 3.05) is 31.1 Å². The van der Waals surface area contributed by atoms with Crippen molar-refractivity contribution in [1.82, 2.24) is 25.4 Å². The first-order valence-electron chi connectivity index (χ1n) is 9.46. The number of anilines is 1. The lowest BCUT2D eigenvalue weighted by atomic mass is 9.86. The van der Waals surface area contributed by atoms with E-state index in [0.29, 0.717) is 0 Å². The van der Waals surface area contributed by atoms with Crippen molar-refractivity contribution in [1.29, 1.82) is 0 Å². The maximum absolute atomic E-state index is 13.2. The summed E-state index contributed by atoms with van der Waals surface area (Å²) in [6.07, 6.45) is 8.91. The molecular formula is C19H26N6O. The van der Waals surface area contributed by atoms with E-state index in [9.17, 15) is 4.79 Å². The number of carbonyl (C=O) groups excluding carboxylic acids is 1. The van der Waals surface area contributed by atoms with Crippen LogP contribution < -0.4 is 15.5 Å². The Bertz CT molecular complexity index is 703. The molecule has 7 nitrogen and oxygen atoms in total. The van der Waals surface area contributed by atoms with Crippen LogP contribution in [0.1, 0.15) is 25.7 Å². The third-order valence-electron chi connectivity index (χ3n) is 5.60. The predicted octanol–water partition coefficient (Wildman–Crippen LogP) is 1.14. The highest BCUT2D eigenvalue weighted by Gasteiger charge is 2.42. The van der Waals surface area contributed by atoms with Crippen molar-refractivity contribution in [3.05, 3.63) is 42.9 Å². The molecular weight excluding hydrogens is 328 g/mol. The summed E-state index contributed by atoms with van der Waals surface area (Å²) in [5, 5.41) is 11.1. The van der Waals surface area contributed by atoms with Crippen molar-refractivity contribution in [3.8, 4) is 0 Å². The summed E-state index contributed by atoms with van der Waals surface area (Å²) >= 11 is 0. The van der Waals surface area contributed by atoms with Gasteiger partial charge in [-0.15, -0.1) is 0 Å². The van der Waals surface area contributed by atoms with Crippen molar-refractivity contribution in [3.63, 3.8) is 0 Å². The Kier molecular flexibility index (Phi) is 4.88. The van der Waals surface area contributed by atoms with Crippen LogP contribution in [0.3, 0.4) is 0 Å². The van der Waals surface area contributed by atoms with Gasteiger partial charge in [-0.3, -0.25) is 9.48 Å². The van der Waals surface area contributed by atoms with Crippen LogP contribution in [-0.4, -0.2) is 52.9 Å². The Morgan fingerprint density at radius 1 is 1.15 bits per heavy atom. The van der Waals surface area contributed by atoms with Crippen LogP contribution in [0.4, 0.5) is 5.82 Å². The van der Waals surface area contributed by atoms with Crippen LogP contribution in [-0.2, 0) is 10.3 Å². The zero-order valence-electron chi connectivity index (χ0n) is 15.0. The molecule has 2 aromatic rings. The van der Waals surface area contributed by atoms with Crippen LogP contribution in [0.15, 0.2) is 42.9 Å². The smallest absolute Gasteiger partial charge is 0.248 e. The lowest BCUT2D eigenvalue weighted by Gasteiger charge is -2.39. The third-order valence-corrected chi connectivity index (χ3v) is 5.60. The first-order chi connectivity index (χ1) is 12.8. The highest BCUT2D eigenvalue weighted by molar-refractivity contribution is 5.84. The molecule has 2 saturated heterocycles. The molecule has 2 N–H and O–H groups in total. The zero-order chi connectivity index (χ0) is 17.8. The quantitative estimate of drug-likeness (QED) is 0.861. The molecule has 2 aliphatic rings. The molecule has 0 spiro atoms. The fraction of sp³-hybridized carbons (Fsp3) is 0.526. The van der Waals surface area contributed by atoms with Gasteiger partial charge in [-0.2, -0.15) is 5.10 Å². The summed E-state index contributed by atoms with van der Waals surface area (Å²) in [7, 11) is 0. The minimum Gasteiger partial charge on any atom is -0.356 e. The number of nitrogens with zero attached hydrogens (tertiary/aromatic N) is 4. The van der Waals surface area contributed by atoms with E-state index in [1.54, 1.807) is 6.20 Å². The molecule has 1 amide bonds. The largest absolute Gasteiger partial charge is 0.356 e. The number of aromatic nitrogens is 3. The molecule has 2 aliphatic heterocycles. The second-order valence-corrected chi connectivity index (χ2v) is 7.15. The molecule has 0 radical (unpaired) electrons. The van der Waals surface area contributed by atoms with E-state index in [1.165, 1.54) is 0 Å². The molecule has 0 atom stereocenters. The molecule has 2 aromatic heterocycles. The van der Waals surface area contributed by atoms with Gasteiger partial charge in [0.05, 0.1) is 0 Å². The maximum Gasteiger partial charge on any atom is 0.248 e. The Labute approximate surface area is 153 Å². The topological polar surface area (TPSA) is 75.1 Å². The minimum atomic E-state index is -0.563. The Morgan fingerprint density at radius 3 is 2.62 bits per heavy atom. The molecule has 138 valence electrons. The maximum atomic E-state index is 13.2. The molecule has 0 bridgehead atoms. The van der Waals surface area contributed by atoms with Crippen LogP contribution in [0, 0.1) is 0 Å². The summed E-state index contributed by atoms with van der Waals surface area (Å²) in [6.45, 7) is 3.51. The molecule has 26 heavy (non-hydrogen) atoms. The van der Waals surface area contributed by atoms with E-state index < -0.39 is 5.54 Å². The monoisotopic (exact) mass is 354 g/mol. The molecule has 7 heteroatoms. The summed E-state index contributed by atoms with van der Waals surface area (Å²) in [5.74, 6) is 1.13. The molecule has 4 rings (SSSR count). The molecule has 0 unspecified atom stereocenters. The average molecular weight is 354 g/mol. The number of nitrogens with one attached hydrogen (secondary N) is 2. The lowest BCUT2D eigenvalue weighted by Crippen LogP contribution is -2.57. The summed E-state index contributed by atoms with van der Waals surface area (Å²) in [5.41, 5.74) is -0.563. The summed E-state index contributed by atoms with van der Waals surface area (Å²) in [4.78, 5) is 19.9. The van der Waals surface area contributed by atoms with E-state index in [-0.39, 0.29) is 11.9 Å². The van der Waals surface area contributed by atoms with Gasteiger partial charge >= 0.3 is 0 Å². The SMILES string of the molecule is O=C(NC1CCN(c2ccccn2)CC1)C1(n2cccn2)CCNCC1. The highest BCUT2D eigenvalue weighted by Crippen LogP contribution is 2.28. The van der Waals surface area contributed by atoms with E-state index in [2.05, 4.69) is 25.6 Å². The Morgan fingerprint density at radius 2 is 1.96 bits per heavy atom. The number of carbonyl (C=O) groups is 1. The fourth-order valence-corrected chi connectivity index (χ4v) is 4.04. The Hall–Kier alpha value is -2.41. The first kappa shape index (κ1) is 17.0. The Balaban J connectivity index is 1.40. The van der Waals surface area contributed by atoms with Gasteiger partial charge in [0, 0.05) is 37.7 Å². The molecule has 2 fully saturated rings. The number of piperidine rings is 2. The highest BCUT2D eigenvalue weighted by atomic mass is 16.2. The van der Waals surface area contributed by atoms with Crippen LogP contribution in [0.2, 0.25) is 0 Å².